The third kappa shape index (κ3) is 4.85. The maximum Gasteiger partial charge on any atom is 0.435 e. The molecule has 0 saturated heterocycles. The summed E-state index contributed by atoms with van der Waals surface area (Å²) in [5.41, 5.74) is -0.329. The zero-order valence-corrected chi connectivity index (χ0v) is 14.9. The molecule has 0 unspecified atom stereocenters. The summed E-state index contributed by atoms with van der Waals surface area (Å²) in [6.07, 6.45) is -4.33. The number of nitrogens with zero attached hydrogens (tertiary/aromatic N) is 2. The standard InChI is InChI=1S/C16H17F4N3O3S/c17-12-3-1-2-11(8-12)10-27(24,25)21-5-6-23-14-4-7-26-9-13(14)15(22-23)16(18,19)20/h1-3,8,21H,4-7,9-10H2. The quantitative estimate of drug-likeness (QED) is 0.746. The molecule has 6 nitrogen and oxygen atoms in total. The SMILES string of the molecule is O=S(=O)(Cc1cccc(F)c1)NCCn1nc(C(F)(F)F)c2c1CCOC2. The number of halogens is 4. The van der Waals surface area contributed by atoms with Gasteiger partial charge in [-0.15, -0.1) is 0 Å². The first-order valence-electron chi connectivity index (χ1n) is 8.11. The van der Waals surface area contributed by atoms with Gasteiger partial charge < -0.3 is 4.74 Å². The Bertz CT molecular complexity index is 925. The van der Waals surface area contributed by atoms with Gasteiger partial charge in [0.2, 0.25) is 10.0 Å². The van der Waals surface area contributed by atoms with Crippen LogP contribution >= 0.6 is 0 Å². The number of nitrogens with one attached hydrogen (secondary N) is 1. The maximum atomic E-state index is 13.1. The molecule has 2 heterocycles. The average molecular weight is 407 g/mol. The first kappa shape index (κ1) is 19.8. The molecule has 27 heavy (non-hydrogen) atoms. The van der Waals surface area contributed by atoms with Crippen LogP contribution in [0.1, 0.15) is 22.5 Å². The van der Waals surface area contributed by atoms with Crippen molar-refractivity contribution < 1.29 is 30.7 Å². The fraction of sp³-hybridized carbons (Fsp3) is 0.438. The van der Waals surface area contributed by atoms with Crippen LogP contribution in [0, 0.1) is 5.82 Å². The molecule has 148 valence electrons. The zero-order valence-electron chi connectivity index (χ0n) is 14.1. The number of hydrogen-bond donors (Lipinski definition) is 1. The van der Waals surface area contributed by atoms with E-state index in [9.17, 15) is 26.0 Å². The Hall–Kier alpha value is -1.98. The van der Waals surface area contributed by atoms with E-state index in [0.717, 1.165) is 6.07 Å². The smallest absolute Gasteiger partial charge is 0.376 e. The highest BCUT2D eigenvalue weighted by Crippen LogP contribution is 2.34. The Morgan fingerprint density at radius 1 is 1.30 bits per heavy atom. The van der Waals surface area contributed by atoms with Crippen molar-refractivity contribution in [2.45, 2.75) is 31.5 Å². The van der Waals surface area contributed by atoms with Crippen LogP contribution in [-0.2, 0) is 46.3 Å². The van der Waals surface area contributed by atoms with Crippen molar-refractivity contribution in [2.75, 3.05) is 13.2 Å². The lowest BCUT2D eigenvalue weighted by Gasteiger charge is -2.15. The monoisotopic (exact) mass is 407 g/mol. The third-order valence-corrected chi connectivity index (χ3v) is 5.41. The first-order chi connectivity index (χ1) is 12.7. The van der Waals surface area contributed by atoms with Gasteiger partial charge in [0.15, 0.2) is 5.69 Å². The van der Waals surface area contributed by atoms with E-state index in [1.54, 1.807) is 0 Å². The normalized spacial score (nSPS) is 15.0. The van der Waals surface area contributed by atoms with E-state index >= 15 is 0 Å². The highest BCUT2D eigenvalue weighted by atomic mass is 32.2. The van der Waals surface area contributed by atoms with E-state index in [-0.39, 0.29) is 43.9 Å². The largest absolute Gasteiger partial charge is 0.435 e. The number of benzene rings is 1. The molecular weight excluding hydrogens is 390 g/mol. The van der Waals surface area contributed by atoms with Gasteiger partial charge in [0.05, 0.1) is 25.5 Å². The molecular formula is C16H17F4N3O3S. The van der Waals surface area contributed by atoms with Crippen LogP contribution < -0.4 is 4.72 Å². The summed E-state index contributed by atoms with van der Waals surface area (Å²) >= 11 is 0. The molecule has 11 heteroatoms. The molecule has 0 radical (unpaired) electrons. The number of ether oxygens (including phenoxy) is 1. The first-order valence-corrected chi connectivity index (χ1v) is 9.76. The van der Waals surface area contributed by atoms with Gasteiger partial charge in [-0.1, -0.05) is 12.1 Å². The minimum atomic E-state index is -4.60. The molecule has 0 atom stereocenters. The van der Waals surface area contributed by atoms with Gasteiger partial charge >= 0.3 is 6.18 Å². The van der Waals surface area contributed by atoms with Crippen molar-refractivity contribution >= 4 is 10.0 Å². The Morgan fingerprint density at radius 3 is 2.78 bits per heavy atom. The number of rotatable bonds is 6. The molecule has 0 amide bonds. The highest BCUT2D eigenvalue weighted by molar-refractivity contribution is 7.88. The van der Waals surface area contributed by atoms with Crippen molar-refractivity contribution in [1.82, 2.24) is 14.5 Å². The van der Waals surface area contributed by atoms with Gasteiger partial charge in [0.25, 0.3) is 0 Å². The van der Waals surface area contributed by atoms with E-state index in [4.69, 9.17) is 4.74 Å². The van der Waals surface area contributed by atoms with Crippen LogP contribution in [0.15, 0.2) is 24.3 Å². The fourth-order valence-corrected chi connectivity index (χ4v) is 4.05. The lowest BCUT2D eigenvalue weighted by atomic mass is 10.1. The Balaban J connectivity index is 1.67. The summed E-state index contributed by atoms with van der Waals surface area (Å²) in [5.74, 6) is -0.975. The van der Waals surface area contributed by atoms with E-state index in [1.807, 2.05) is 0 Å². The van der Waals surface area contributed by atoms with Crippen molar-refractivity contribution in [2.24, 2.45) is 0 Å². The van der Waals surface area contributed by atoms with Gasteiger partial charge in [-0.05, 0) is 17.7 Å². The van der Waals surface area contributed by atoms with Crippen molar-refractivity contribution in [3.8, 4) is 0 Å². The van der Waals surface area contributed by atoms with E-state index in [2.05, 4.69) is 9.82 Å². The van der Waals surface area contributed by atoms with Gasteiger partial charge in [-0.3, -0.25) is 4.68 Å². The second-order valence-electron chi connectivity index (χ2n) is 6.08. The lowest BCUT2D eigenvalue weighted by molar-refractivity contribution is -0.142. The van der Waals surface area contributed by atoms with Crippen molar-refractivity contribution in [3.63, 3.8) is 0 Å². The topological polar surface area (TPSA) is 73.2 Å². The summed E-state index contributed by atoms with van der Waals surface area (Å²) < 4.78 is 85.2. The van der Waals surface area contributed by atoms with Crippen LogP contribution in [0.25, 0.3) is 0 Å². The zero-order chi connectivity index (χ0) is 19.7. The second-order valence-corrected chi connectivity index (χ2v) is 7.89. The molecule has 3 rings (SSSR count). The summed E-state index contributed by atoms with van der Waals surface area (Å²) in [5, 5.41) is 3.61. The molecule has 0 fully saturated rings. The number of alkyl halides is 3. The van der Waals surface area contributed by atoms with E-state index in [0.29, 0.717) is 5.69 Å². The fourth-order valence-electron chi connectivity index (χ4n) is 2.93. The second kappa shape index (κ2) is 7.56. The van der Waals surface area contributed by atoms with Crippen molar-refractivity contribution in [1.29, 1.82) is 0 Å². The predicted molar refractivity (Wildman–Crippen MR) is 87.6 cm³/mol. The average Bonchev–Trinajstić information content (AvgIpc) is 2.93. The van der Waals surface area contributed by atoms with Crippen LogP contribution in [0.3, 0.4) is 0 Å². The van der Waals surface area contributed by atoms with Crippen LogP contribution in [0.4, 0.5) is 17.6 Å². The van der Waals surface area contributed by atoms with E-state index < -0.39 is 33.5 Å². The van der Waals surface area contributed by atoms with Crippen LogP contribution in [0.5, 0.6) is 0 Å². The highest BCUT2D eigenvalue weighted by Gasteiger charge is 2.39. The molecule has 1 aliphatic heterocycles. The molecule has 1 aliphatic rings. The summed E-state index contributed by atoms with van der Waals surface area (Å²) in [6, 6.07) is 5.18. The molecule has 2 aromatic rings. The molecule has 0 bridgehead atoms. The number of fused-ring (bicyclic) bond motifs is 1. The number of hydrogen-bond acceptors (Lipinski definition) is 4. The Labute approximate surface area is 153 Å². The molecule has 1 N–H and O–H groups in total. The minimum Gasteiger partial charge on any atom is -0.376 e. The van der Waals surface area contributed by atoms with Gasteiger partial charge in [0.1, 0.15) is 5.82 Å². The summed E-state index contributed by atoms with van der Waals surface area (Å²) in [4.78, 5) is 0. The van der Waals surface area contributed by atoms with Gasteiger partial charge in [-0.25, -0.2) is 17.5 Å². The summed E-state index contributed by atoms with van der Waals surface area (Å²) in [6.45, 7) is -0.0819. The predicted octanol–water partition coefficient (Wildman–Crippen LogP) is 2.23. The molecule has 0 spiro atoms. The maximum absolute atomic E-state index is 13.1. The summed E-state index contributed by atoms with van der Waals surface area (Å²) in [7, 11) is -3.77. The van der Waals surface area contributed by atoms with Crippen molar-refractivity contribution in [3.05, 3.63) is 52.6 Å². The molecule has 1 aromatic carbocycles. The Kier molecular flexibility index (Phi) is 5.54. The Morgan fingerprint density at radius 2 is 2.07 bits per heavy atom. The molecule has 0 saturated carbocycles. The lowest BCUT2D eigenvalue weighted by Crippen LogP contribution is -2.29. The molecule has 0 aliphatic carbocycles. The molecule has 1 aromatic heterocycles. The minimum absolute atomic E-state index is 0.00336. The number of aromatic nitrogens is 2. The van der Waals surface area contributed by atoms with E-state index in [1.165, 1.54) is 22.9 Å². The van der Waals surface area contributed by atoms with Crippen LogP contribution in [0.2, 0.25) is 0 Å². The van der Waals surface area contributed by atoms with Gasteiger partial charge in [0, 0.05) is 24.2 Å². The number of sulfonamides is 1. The van der Waals surface area contributed by atoms with Gasteiger partial charge in [-0.2, -0.15) is 18.3 Å². The van der Waals surface area contributed by atoms with Crippen LogP contribution in [-0.4, -0.2) is 31.3 Å². The third-order valence-electron chi connectivity index (χ3n) is 4.06.